The number of hydrogen-bond acceptors (Lipinski definition) is 4. The first-order valence-electron chi connectivity index (χ1n) is 12.5. The molecule has 2 aromatic carbocycles. The molecule has 186 valence electrons. The fourth-order valence-electron chi connectivity index (χ4n) is 5.39. The van der Waals surface area contributed by atoms with E-state index in [-0.39, 0.29) is 43.2 Å². The van der Waals surface area contributed by atoms with E-state index in [0.29, 0.717) is 18.9 Å². The second-order valence-corrected chi connectivity index (χ2v) is 9.77. The summed E-state index contributed by atoms with van der Waals surface area (Å²) in [6, 6.07) is 16.1. The van der Waals surface area contributed by atoms with Crippen LogP contribution in [0.25, 0.3) is 11.1 Å². The molecule has 35 heavy (non-hydrogen) atoms. The van der Waals surface area contributed by atoms with Crippen LogP contribution in [0.15, 0.2) is 48.5 Å². The summed E-state index contributed by atoms with van der Waals surface area (Å²) in [4.78, 5) is 35.8. The summed E-state index contributed by atoms with van der Waals surface area (Å²) in [6.07, 6.45) is 3.08. The maximum atomic E-state index is 12.6. The summed E-state index contributed by atoms with van der Waals surface area (Å²) in [5.41, 5.74) is 4.68. The van der Waals surface area contributed by atoms with Crippen molar-refractivity contribution in [3.05, 3.63) is 59.7 Å². The second kappa shape index (κ2) is 11.4. The Morgan fingerprint density at radius 2 is 1.63 bits per heavy atom. The number of benzene rings is 2. The molecule has 1 saturated carbocycles. The number of carboxylic acid groups (broad SMARTS) is 1. The number of carbonyl (C=O) groups is 3. The van der Waals surface area contributed by atoms with Gasteiger partial charge in [0.2, 0.25) is 5.91 Å². The van der Waals surface area contributed by atoms with Crippen LogP contribution in [0.2, 0.25) is 0 Å². The van der Waals surface area contributed by atoms with E-state index in [1.807, 2.05) is 31.2 Å². The van der Waals surface area contributed by atoms with E-state index in [2.05, 4.69) is 34.9 Å². The molecule has 0 radical (unpaired) electrons. The number of nitrogens with one attached hydrogen (secondary N) is 2. The highest BCUT2D eigenvalue weighted by Crippen LogP contribution is 2.44. The van der Waals surface area contributed by atoms with Crippen molar-refractivity contribution in [2.75, 3.05) is 13.2 Å². The van der Waals surface area contributed by atoms with Crippen LogP contribution < -0.4 is 10.6 Å². The van der Waals surface area contributed by atoms with E-state index in [1.165, 1.54) is 11.1 Å². The molecule has 2 aliphatic carbocycles. The van der Waals surface area contributed by atoms with Crippen LogP contribution in [-0.4, -0.2) is 42.3 Å². The first-order chi connectivity index (χ1) is 16.9. The number of hydrogen-bond donors (Lipinski definition) is 3. The molecule has 4 rings (SSSR count). The Hall–Kier alpha value is -3.35. The fourth-order valence-corrected chi connectivity index (χ4v) is 5.39. The van der Waals surface area contributed by atoms with Gasteiger partial charge in [-0.3, -0.25) is 9.59 Å². The molecule has 0 aliphatic heterocycles. The number of ether oxygens (including phenoxy) is 1. The molecular formula is C28H34N2O5. The van der Waals surface area contributed by atoms with Crippen molar-refractivity contribution in [2.24, 2.45) is 11.8 Å². The fraction of sp³-hybridized carbons (Fsp3) is 0.464. The largest absolute Gasteiger partial charge is 0.481 e. The Kier molecular flexibility index (Phi) is 8.06. The zero-order valence-electron chi connectivity index (χ0n) is 20.2. The van der Waals surface area contributed by atoms with Crippen LogP contribution >= 0.6 is 0 Å². The molecule has 0 bridgehead atoms. The third-order valence-corrected chi connectivity index (χ3v) is 7.12. The number of carboxylic acids is 1. The van der Waals surface area contributed by atoms with Crippen molar-refractivity contribution in [1.29, 1.82) is 0 Å². The molecule has 0 spiro atoms. The Balaban J connectivity index is 1.24. The summed E-state index contributed by atoms with van der Waals surface area (Å²) >= 11 is 0. The number of aliphatic carboxylic acids is 1. The summed E-state index contributed by atoms with van der Waals surface area (Å²) < 4.78 is 5.64. The summed E-state index contributed by atoms with van der Waals surface area (Å²) in [7, 11) is 0. The minimum Gasteiger partial charge on any atom is -0.481 e. The highest BCUT2D eigenvalue weighted by atomic mass is 16.5. The predicted octanol–water partition coefficient (Wildman–Crippen LogP) is 4.70. The molecule has 0 aromatic heterocycles. The highest BCUT2D eigenvalue weighted by molar-refractivity contribution is 5.79. The number of alkyl carbamates (subject to hydrolysis) is 1. The van der Waals surface area contributed by atoms with E-state index >= 15 is 0 Å². The van der Waals surface area contributed by atoms with Gasteiger partial charge in [-0.1, -0.05) is 61.9 Å². The minimum atomic E-state index is -0.765. The lowest BCUT2D eigenvalue weighted by atomic mass is 9.73. The second-order valence-electron chi connectivity index (χ2n) is 9.77. The van der Waals surface area contributed by atoms with Gasteiger partial charge < -0.3 is 20.5 Å². The maximum absolute atomic E-state index is 12.6. The quantitative estimate of drug-likeness (QED) is 0.434. The van der Waals surface area contributed by atoms with Gasteiger partial charge in [-0.15, -0.1) is 0 Å². The van der Waals surface area contributed by atoms with Crippen LogP contribution in [0, 0.1) is 11.8 Å². The molecule has 7 heteroatoms. The van der Waals surface area contributed by atoms with Crippen molar-refractivity contribution in [3.8, 4) is 11.1 Å². The Morgan fingerprint density at radius 3 is 2.23 bits per heavy atom. The van der Waals surface area contributed by atoms with Gasteiger partial charge in [0, 0.05) is 31.3 Å². The van der Waals surface area contributed by atoms with Gasteiger partial charge in [-0.25, -0.2) is 4.79 Å². The van der Waals surface area contributed by atoms with Gasteiger partial charge in [0.1, 0.15) is 6.61 Å². The number of carbonyl (C=O) groups excluding carboxylic acids is 2. The summed E-state index contributed by atoms with van der Waals surface area (Å²) in [5, 5.41) is 14.7. The lowest BCUT2D eigenvalue weighted by Gasteiger charge is -2.34. The van der Waals surface area contributed by atoms with E-state index < -0.39 is 12.1 Å². The van der Waals surface area contributed by atoms with E-state index in [0.717, 1.165) is 30.4 Å². The summed E-state index contributed by atoms with van der Waals surface area (Å²) in [6.45, 7) is 2.81. The SMILES string of the molecule is CCC[C@@H](CC(=O)NCC1CC(CC(=O)O)C1)NC(=O)OCC1c2ccccc2-c2ccccc21. The van der Waals surface area contributed by atoms with Gasteiger partial charge in [-0.2, -0.15) is 0 Å². The lowest BCUT2D eigenvalue weighted by molar-refractivity contribution is -0.139. The molecule has 0 unspecified atom stereocenters. The number of rotatable bonds is 11. The van der Waals surface area contributed by atoms with Crippen molar-refractivity contribution in [1.82, 2.24) is 10.6 Å². The standard InChI is InChI=1S/C28H34N2O5/c1-2-7-20(15-26(31)29-16-19-12-18(13-19)14-27(32)33)30-28(34)35-17-25-23-10-5-3-8-21(23)22-9-4-6-11-24(22)25/h3-6,8-11,18-20,25H,2,7,12-17H2,1H3,(H,29,31)(H,30,34)(H,32,33)/t18?,19?,20-/m0/s1. The first-order valence-corrected chi connectivity index (χ1v) is 12.5. The third kappa shape index (κ3) is 6.21. The Morgan fingerprint density at radius 1 is 1.00 bits per heavy atom. The zero-order chi connectivity index (χ0) is 24.8. The monoisotopic (exact) mass is 478 g/mol. The maximum Gasteiger partial charge on any atom is 0.407 e. The van der Waals surface area contributed by atoms with Crippen LogP contribution in [0.1, 0.15) is 62.5 Å². The molecule has 3 N–H and O–H groups in total. The van der Waals surface area contributed by atoms with Gasteiger partial charge in [0.15, 0.2) is 0 Å². The minimum absolute atomic E-state index is 0.00602. The van der Waals surface area contributed by atoms with Crippen molar-refractivity contribution < 1.29 is 24.2 Å². The molecule has 1 fully saturated rings. The van der Waals surface area contributed by atoms with E-state index in [4.69, 9.17) is 9.84 Å². The van der Waals surface area contributed by atoms with Crippen LogP contribution in [0.5, 0.6) is 0 Å². The Labute approximate surface area is 206 Å². The molecule has 2 aliphatic rings. The van der Waals surface area contributed by atoms with E-state index in [1.54, 1.807) is 0 Å². The molecular weight excluding hydrogens is 444 g/mol. The average Bonchev–Trinajstić information content (AvgIpc) is 3.13. The molecule has 0 heterocycles. The third-order valence-electron chi connectivity index (χ3n) is 7.12. The zero-order valence-corrected chi connectivity index (χ0v) is 20.2. The van der Waals surface area contributed by atoms with Crippen LogP contribution in [0.4, 0.5) is 4.79 Å². The molecule has 0 saturated heterocycles. The summed E-state index contributed by atoms with van der Waals surface area (Å²) in [5.74, 6) is -0.322. The molecule has 2 amide bonds. The van der Waals surface area contributed by atoms with Crippen molar-refractivity contribution in [3.63, 3.8) is 0 Å². The molecule has 2 aromatic rings. The van der Waals surface area contributed by atoms with Crippen molar-refractivity contribution in [2.45, 2.75) is 57.4 Å². The lowest BCUT2D eigenvalue weighted by Crippen LogP contribution is -2.42. The van der Waals surface area contributed by atoms with E-state index in [9.17, 15) is 14.4 Å². The number of amides is 2. The molecule has 1 atom stereocenters. The predicted molar refractivity (Wildman–Crippen MR) is 133 cm³/mol. The van der Waals surface area contributed by atoms with Gasteiger partial charge >= 0.3 is 12.1 Å². The molecule has 7 nitrogen and oxygen atoms in total. The number of fused-ring (bicyclic) bond motifs is 3. The van der Waals surface area contributed by atoms with Crippen LogP contribution in [-0.2, 0) is 14.3 Å². The van der Waals surface area contributed by atoms with Gasteiger partial charge in [-0.05, 0) is 53.4 Å². The van der Waals surface area contributed by atoms with Gasteiger partial charge in [0.25, 0.3) is 0 Å². The first kappa shape index (κ1) is 24.8. The smallest absolute Gasteiger partial charge is 0.407 e. The van der Waals surface area contributed by atoms with Crippen LogP contribution in [0.3, 0.4) is 0 Å². The normalized spacial score (nSPS) is 19.1. The highest BCUT2D eigenvalue weighted by Gasteiger charge is 2.31. The topological polar surface area (TPSA) is 105 Å². The average molecular weight is 479 g/mol. The van der Waals surface area contributed by atoms with Gasteiger partial charge in [0.05, 0.1) is 0 Å². The van der Waals surface area contributed by atoms with Crippen molar-refractivity contribution >= 4 is 18.0 Å². The Bertz CT molecular complexity index is 1020.